The van der Waals surface area contributed by atoms with Crippen LogP contribution in [0.15, 0.2) is 42.5 Å². The molecule has 1 N–H and O–H groups in total. The lowest BCUT2D eigenvalue weighted by atomic mass is 10.1. The Balaban J connectivity index is 1.86. The minimum absolute atomic E-state index is 0.0250. The molecule has 2 aromatic rings. The zero-order valence-electron chi connectivity index (χ0n) is 16.5. The monoisotopic (exact) mass is 368 g/mol. The lowest BCUT2D eigenvalue weighted by Gasteiger charge is -2.21. The van der Waals surface area contributed by atoms with Gasteiger partial charge < -0.3 is 15.0 Å². The fourth-order valence-electron chi connectivity index (χ4n) is 2.80. The summed E-state index contributed by atoms with van der Waals surface area (Å²) in [4.78, 5) is 25.9. The molecular weight excluding hydrogens is 340 g/mol. The summed E-state index contributed by atoms with van der Waals surface area (Å²) in [5.41, 5.74) is 4.08. The van der Waals surface area contributed by atoms with Crippen LogP contribution >= 0.6 is 0 Å². The Bertz CT molecular complexity index is 785. The van der Waals surface area contributed by atoms with E-state index in [1.165, 1.54) is 6.92 Å². The van der Waals surface area contributed by atoms with Crippen molar-refractivity contribution in [3.8, 4) is 5.75 Å². The molecule has 27 heavy (non-hydrogen) atoms. The molecule has 2 aromatic carbocycles. The molecule has 0 aliphatic rings. The number of rotatable bonds is 8. The van der Waals surface area contributed by atoms with Crippen LogP contribution in [0.3, 0.4) is 0 Å². The molecular formula is C22H28N2O3. The first-order valence-electron chi connectivity index (χ1n) is 9.14. The highest BCUT2D eigenvalue weighted by Crippen LogP contribution is 2.17. The molecule has 0 atom stereocenters. The number of carbonyl (C=O) groups is 2. The summed E-state index contributed by atoms with van der Waals surface area (Å²) in [5, 5.41) is 2.94. The number of hydrogen-bond acceptors (Lipinski definition) is 3. The lowest BCUT2D eigenvalue weighted by Crippen LogP contribution is -2.33. The van der Waals surface area contributed by atoms with Crippen LogP contribution in [0.5, 0.6) is 5.75 Å². The third kappa shape index (κ3) is 6.44. The van der Waals surface area contributed by atoms with Crippen molar-refractivity contribution in [2.24, 2.45) is 0 Å². The second kappa shape index (κ2) is 9.76. The van der Waals surface area contributed by atoms with E-state index in [0.717, 1.165) is 34.5 Å². The highest BCUT2D eigenvalue weighted by Gasteiger charge is 2.12. The van der Waals surface area contributed by atoms with Crippen LogP contribution in [0.4, 0.5) is 5.69 Å². The molecule has 0 unspecified atom stereocenters. The van der Waals surface area contributed by atoms with Crippen LogP contribution < -0.4 is 10.1 Å². The van der Waals surface area contributed by atoms with E-state index in [9.17, 15) is 9.59 Å². The number of amides is 2. The third-order valence-corrected chi connectivity index (χ3v) is 4.55. The summed E-state index contributed by atoms with van der Waals surface area (Å²) >= 11 is 0. The molecule has 0 saturated heterocycles. The number of anilines is 1. The first kappa shape index (κ1) is 20.5. The van der Waals surface area contributed by atoms with E-state index in [-0.39, 0.29) is 18.2 Å². The van der Waals surface area contributed by atoms with E-state index in [0.29, 0.717) is 13.1 Å². The van der Waals surface area contributed by atoms with Gasteiger partial charge in [0.2, 0.25) is 11.8 Å². The van der Waals surface area contributed by atoms with Gasteiger partial charge in [0.1, 0.15) is 5.75 Å². The lowest BCUT2D eigenvalue weighted by molar-refractivity contribution is -0.129. The van der Waals surface area contributed by atoms with Crippen LogP contribution in [-0.2, 0) is 16.0 Å². The maximum absolute atomic E-state index is 12.3. The van der Waals surface area contributed by atoms with E-state index in [1.54, 1.807) is 12.0 Å². The maximum atomic E-state index is 12.3. The number of nitrogens with one attached hydrogen (secondary N) is 1. The van der Waals surface area contributed by atoms with Crippen LogP contribution in [0.1, 0.15) is 30.0 Å². The van der Waals surface area contributed by atoms with E-state index in [2.05, 4.69) is 5.32 Å². The molecule has 5 nitrogen and oxygen atoms in total. The van der Waals surface area contributed by atoms with Crippen molar-refractivity contribution in [1.82, 2.24) is 4.90 Å². The first-order chi connectivity index (χ1) is 12.9. The number of hydrogen-bond donors (Lipinski definition) is 1. The molecule has 144 valence electrons. The third-order valence-electron chi connectivity index (χ3n) is 4.55. The van der Waals surface area contributed by atoms with Gasteiger partial charge in [-0.2, -0.15) is 0 Å². The molecule has 2 amide bonds. The number of ether oxygens (including phenoxy) is 1. The minimum Gasteiger partial charge on any atom is -0.497 e. The fraction of sp³-hybridized carbons (Fsp3) is 0.364. The van der Waals surface area contributed by atoms with Gasteiger partial charge in [0.25, 0.3) is 0 Å². The number of benzene rings is 2. The van der Waals surface area contributed by atoms with Gasteiger partial charge in [0.05, 0.1) is 7.11 Å². The van der Waals surface area contributed by atoms with Crippen molar-refractivity contribution in [3.05, 3.63) is 59.2 Å². The normalized spacial score (nSPS) is 10.4. The van der Waals surface area contributed by atoms with Gasteiger partial charge in [0.15, 0.2) is 0 Å². The topological polar surface area (TPSA) is 58.6 Å². The van der Waals surface area contributed by atoms with E-state index >= 15 is 0 Å². The zero-order chi connectivity index (χ0) is 19.8. The summed E-state index contributed by atoms with van der Waals surface area (Å²) in [5.74, 6) is 0.702. The van der Waals surface area contributed by atoms with Crippen molar-refractivity contribution >= 4 is 17.5 Å². The zero-order valence-corrected chi connectivity index (χ0v) is 16.5. The average Bonchev–Trinajstić information content (AvgIpc) is 2.65. The van der Waals surface area contributed by atoms with Gasteiger partial charge in [-0.15, -0.1) is 0 Å². The van der Waals surface area contributed by atoms with Crippen LogP contribution in [0.25, 0.3) is 0 Å². The SMILES string of the molecule is COc1ccc(CCN(CCC(=O)Nc2cc(C)ccc2C)C(C)=O)cc1. The Labute approximate surface area is 161 Å². The Hall–Kier alpha value is -2.82. The Morgan fingerprint density at radius 1 is 1.04 bits per heavy atom. The fourth-order valence-corrected chi connectivity index (χ4v) is 2.80. The smallest absolute Gasteiger partial charge is 0.226 e. The van der Waals surface area contributed by atoms with Gasteiger partial charge in [0, 0.05) is 32.1 Å². The summed E-state index contributed by atoms with van der Waals surface area (Å²) in [7, 11) is 1.63. The first-order valence-corrected chi connectivity index (χ1v) is 9.14. The van der Waals surface area contributed by atoms with Crippen molar-refractivity contribution < 1.29 is 14.3 Å². The molecule has 0 aliphatic carbocycles. The molecule has 0 saturated carbocycles. The number of nitrogens with zero attached hydrogens (tertiary/aromatic N) is 1. The molecule has 0 aromatic heterocycles. The van der Waals surface area contributed by atoms with Gasteiger partial charge >= 0.3 is 0 Å². The second-order valence-corrected chi connectivity index (χ2v) is 6.72. The average molecular weight is 368 g/mol. The summed E-state index contributed by atoms with van der Waals surface area (Å²) in [6, 6.07) is 13.8. The summed E-state index contributed by atoms with van der Waals surface area (Å²) in [6.45, 7) is 6.48. The van der Waals surface area contributed by atoms with Gasteiger partial charge in [-0.05, 0) is 55.2 Å². The minimum atomic E-state index is -0.0839. The molecule has 2 rings (SSSR count). The van der Waals surface area contributed by atoms with E-state index in [1.807, 2.05) is 56.3 Å². The van der Waals surface area contributed by atoms with Crippen molar-refractivity contribution in [1.29, 1.82) is 0 Å². The Kier molecular flexibility index (Phi) is 7.41. The summed E-state index contributed by atoms with van der Waals surface area (Å²) in [6.07, 6.45) is 1.01. The highest BCUT2D eigenvalue weighted by molar-refractivity contribution is 5.92. The molecule has 0 radical (unpaired) electrons. The van der Waals surface area contributed by atoms with Crippen LogP contribution in [0, 0.1) is 13.8 Å². The molecule has 5 heteroatoms. The van der Waals surface area contributed by atoms with Gasteiger partial charge in [-0.25, -0.2) is 0 Å². The number of aryl methyl sites for hydroxylation is 2. The van der Waals surface area contributed by atoms with Gasteiger partial charge in [-0.3, -0.25) is 9.59 Å². The predicted octanol–water partition coefficient (Wildman–Crippen LogP) is 3.73. The second-order valence-electron chi connectivity index (χ2n) is 6.72. The van der Waals surface area contributed by atoms with Crippen LogP contribution in [0.2, 0.25) is 0 Å². The largest absolute Gasteiger partial charge is 0.497 e. The Morgan fingerprint density at radius 2 is 1.74 bits per heavy atom. The van der Waals surface area contributed by atoms with Crippen molar-refractivity contribution in [2.75, 3.05) is 25.5 Å². The van der Waals surface area contributed by atoms with E-state index < -0.39 is 0 Å². The Morgan fingerprint density at radius 3 is 2.37 bits per heavy atom. The molecule has 0 aliphatic heterocycles. The quantitative estimate of drug-likeness (QED) is 0.772. The number of carbonyl (C=O) groups excluding carboxylic acids is 2. The number of methoxy groups -OCH3 is 1. The van der Waals surface area contributed by atoms with E-state index in [4.69, 9.17) is 4.74 Å². The van der Waals surface area contributed by atoms with Crippen LogP contribution in [-0.4, -0.2) is 36.9 Å². The molecule has 0 fully saturated rings. The van der Waals surface area contributed by atoms with Crippen molar-refractivity contribution in [3.63, 3.8) is 0 Å². The molecule has 0 heterocycles. The highest BCUT2D eigenvalue weighted by atomic mass is 16.5. The summed E-state index contributed by atoms with van der Waals surface area (Å²) < 4.78 is 5.15. The molecule has 0 bridgehead atoms. The van der Waals surface area contributed by atoms with Crippen molar-refractivity contribution in [2.45, 2.75) is 33.6 Å². The predicted molar refractivity (Wildman–Crippen MR) is 108 cm³/mol. The van der Waals surface area contributed by atoms with Gasteiger partial charge in [-0.1, -0.05) is 24.3 Å². The molecule has 0 spiro atoms. The standard InChI is InChI=1S/C22H28N2O3/c1-16-5-6-17(2)21(15-16)23-22(26)12-14-24(18(3)25)13-11-19-7-9-20(27-4)10-8-19/h5-10,15H,11-14H2,1-4H3,(H,23,26). The maximum Gasteiger partial charge on any atom is 0.226 e.